The molecule has 0 radical (unpaired) electrons. The molecule has 3 aliphatic rings. The Bertz CT molecular complexity index is 2490. The van der Waals surface area contributed by atoms with Gasteiger partial charge in [-0.2, -0.15) is 0 Å². The molecule has 0 aromatic heterocycles. The van der Waals surface area contributed by atoms with Gasteiger partial charge in [-0.25, -0.2) is 4.57 Å². The van der Waals surface area contributed by atoms with Crippen LogP contribution in [0.25, 0.3) is 0 Å². The summed E-state index contributed by atoms with van der Waals surface area (Å²) in [6.45, 7) is 5.56. The number of aliphatic hydroxyl groups is 9. The summed E-state index contributed by atoms with van der Waals surface area (Å²) in [7, 11) is -5.81. The van der Waals surface area contributed by atoms with E-state index in [-0.39, 0.29) is 32.1 Å². The van der Waals surface area contributed by atoms with Crippen LogP contribution in [0, 0.1) is 0 Å². The SMILES string of the molecule is CCCCCC/C=C\CCCCCCCCCC(=O)OC(COC(=O)CCCCCCCCCCCCCCC)COP(=O)(O)OC1C(OC2OC(CO)C(O)C(O)C2O)C(O)C(O)C(OC(=O)CCCCC/C=C\CCCCCCCC)C1OC1OC(COC(=O)CCCCCCCCCCCCCCCCC)C(O)C(O)C1O. The lowest BCUT2D eigenvalue weighted by molar-refractivity contribution is -0.360. The Morgan fingerprint density at radius 3 is 1.05 bits per heavy atom. The maximum atomic E-state index is 14.9. The van der Waals surface area contributed by atoms with Crippen LogP contribution in [0.1, 0.15) is 387 Å². The second-order valence-electron chi connectivity index (χ2n) is 32.8. The third-order valence-corrected chi connectivity index (χ3v) is 23.4. The van der Waals surface area contributed by atoms with Gasteiger partial charge in [-0.3, -0.25) is 28.2 Å². The largest absolute Gasteiger partial charge is 0.472 e. The van der Waals surface area contributed by atoms with Crippen LogP contribution in [-0.2, 0) is 70.7 Å². The lowest BCUT2D eigenvalue weighted by Gasteiger charge is -2.50. The van der Waals surface area contributed by atoms with E-state index in [4.69, 9.17) is 46.9 Å². The van der Waals surface area contributed by atoms with E-state index in [1.54, 1.807) is 0 Å². The maximum Gasteiger partial charge on any atom is 0.472 e. The number of phosphoric acid groups is 1. The molecule has 0 aromatic rings. The van der Waals surface area contributed by atoms with Gasteiger partial charge in [0.25, 0.3) is 0 Å². The van der Waals surface area contributed by atoms with Gasteiger partial charge in [0.2, 0.25) is 0 Å². The maximum absolute atomic E-state index is 14.9. The van der Waals surface area contributed by atoms with Crippen molar-refractivity contribution in [2.75, 3.05) is 26.4 Å². The topological polar surface area (TPSA) is 380 Å². The molecule has 2 saturated heterocycles. The number of esters is 4. The lowest BCUT2D eigenvalue weighted by atomic mass is 9.84. The van der Waals surface area contributed by atoms with Crippen LogP contribution in [0.15, 0.2) is 24.3 Å². The van der Waals surface area contributed by atoms with Gasteiger partial charge in [0, 0.05) is 25.7 Å². The molecule has 3 rings (SSSR count). The van der Waals surface area contributed by atoms with Gasteiger partial charge in [-0.05, 0) is 77.0 Å². The molecule has 2 aliphatic heterocycles. The Morgan fingerprint density at radius 2 is 0.652 bits per heavy atom. The summed E-state index contributed by atoms with van der Waals surface area (Å²) < 4.78 is 73.3. The first kappa shape index (κ1) is 106. The van der Waals surface area contributed by atoms with Crippen molar-refractivity contribution in [3.8, 4) is 0 Å². The quantitative estimate of drug-likeness (QED) is 0.00889. The number of unbranched alkanes of at least 4 members (excludes halogenated alkanes) is 46. The zero-order valence-electron chi connectivity index (χ0n) is 71.6. The van der Waals surface area contributed by atoms with Crippen LogP contribution in [0.5, 0.6) is 0 Å². The highest BCUT2D eigenvalue weighted by Gasteiger charge is 2.60. The summed E-state index contributed by atoms with van der Waals surface area (Å²) >= 11 is 0. The first-order valence-electron chi connectivity index (χ1n) is 46.1. The van der Waals surface area contributed by atoms with E-state index in [0.29, 0.717) is 38.5 Å². The second kappa shape index (κ2) is 68.5. The molecule has 0 aromatic carbocycles. The predicted molar refractivity (Wildman–Crippen MR) is 444 cm³/mol. The fourth-order valence-electron chi connectivity index (χ4n) is 15.1. The normalized spacial score (nSPS) is 25.3. The molecule has 18 atom stereocenters. The van der Waals surface area contributed by atoms with Crippen molar-refractivity contribution in [3.05, 3.63) is 24.3 Å². The summed E-state index contributed by atoms with van der Waals surface area (Å²) in [5.74, 6) is -2.98. The molecule has 1 aliphatic carbocycles. The Labute approximate surface area is 692 Å². The number of carbonyl (C=O) groups is 4. The third-order valence-electron chi connectivity index (χ3n) is 22.4. The molecule has 18 unspecified atom stereocenters. The minimum Gasteiger partial charge on any atom is -0.463 e. The van der Waals surface area contributed by atoms with E-state index in [2.05, 4.69) is 52.0 Å². The first-order valence-corrected chi connectivity index (χ1v) is 47.6. The molecule has 1 saturated carbocycles. The van der Waals surface area contributed by atoms with Gasteiger partial charge in [0.05, 0.1) is 13.2 Å². The average Bonchev–Trinajstić information content (AvgIpc) is 0.753. The number of carbonyl (C=O) groups excluding carboxylic acids is 4. The van der Waals surface area contributed by atoms with Crippen LogP contribution >= 0.6 is 7.82 Å². The van der Waals surface area contributed by atoms with Crippen molar-refractivity contribution < 1.29 is 122 Å². The predicted octanol–water partition coefficient (Wildman–Crippen LogP) is 16.5. The van der Waals surface area contributed by atoms with Gasteiger partial charge < -0.3 is 88.7 Å². The van der Waals surface area contributed by atoms with E-state index < -0.39 is 162 Å². The molecule has 10 N–H and O–H groups in total. The van der Waals surface area contributed by atoms with E-state index >= 15 is 0 Å². The number of rotatable bonds is 74. The molecule has 674 valence electrons. The molecule has 0 bridgehead atoms. The van der Waals surface area contributed by atoms with Crippen LogP contribution in [-0.4, -0.2) is 205 Å². The molecule has 3 fully saturated rings. The Morgan fingerprint density at radius 1 is 0.339 bits per heavy atom. The number of ether oxygens (including phenoxy) is 8. The summed E-state index contributed by atoms with van der Waals surface area (Å²) in [6.07, 6.45) is 27.6. The van der Waals surface area contributed by atoms with E-state index in [1.807, 2.05) is 0 Å². The molecule has 2 heterocycles. The molecular weight excluding hydrogens is 1500 g/mol. The minimum atomic E-state index is -5.81. The fourth-order valence-corrected chi connectivity index (χ4v) is 16.0. The summed E-state index contributed by atoms with van der Waals surface area (Å²) in [4.78, 5) is 66.3. The molecule has 0 amide bonds. The van der Waals surface area contributed by atoms with Crippen molar-refractivity contribution in [3.63, 3.8) is 0 Å². The van der Waals surface area contributed by atoms with Gasteiger partial charge >= 0.3 is 31.7 Å². The Hall–Kier alpha value is -3.05. The van der Waals surface area contributed by atoms with E-state index in [1.165, 1.54) is 154 Å². The van der Waals surface area contributed by atoms with Crippen molar-refractivity contribution in [2.24, 2.45) is 0 Å². The number of aliphatic hydroxyl groups excluding tert-OH is 9. The highest BCUT2D eigenvalue weighted by atomic mass is 31.2. The second-order valence-corrected chi connectivity index (χ2v) is 34.2. The van der Waals surface area contributed by atoms with Crippen LogP contribution in [0.2, 0.25) is 0 Å². The number of hydrogen-bond donors (Lipinski definition) is 10. The van der Waals surface area contributed by atoms with Gasteiger partial charge in [-0.1, -0.05) is 309 Å². The summed E-state index contributed by atoms with van der Waals surface area (Å²) in [5, 5.41) is 102. The summed E-state index contributed by atoms with van der Waals surface area (Å²) in [5.41, 5.74) is 0. The fraction of sp³-hybridized carbons (Fsp3) is 0.910. The average molecular weight is 1660 g/mol. The van der Waals surface area contributed by atoms with Crippen molar-refractivity contribution >= 4 is 31.7 Å². The zero-order chi connectivity index (χ0) is 84.0. The van der Waals surface area contributed by atoms with Crippen molar-refractivity contribution in [2.45, 2.75) is 491 Å². The zero-order valence-corrected chi connectivity index (χ0v) is 72.5. The van der Waals surface area contributed by atoms with Crippen LogP contribution in [0.4, 0.5) is 0 Å². The monoisotopic (exact) mass is 1660 g/mol. The number of phosphoric ester groups is 1. The minimum absolute atomic E-state index is 0.0160. The third kappa shape index (κ3) is 49.0. The lowest BCUT2D eigenvalue weighted by Crippen LogP contribution is -2.70. The molecule has 26 heteroatoms. The van der Waals surface area contributed by atoms with Crippen LogP contribution < -0.4 is 0 Å². The first-order chi connectivity index (χ1) is 55.7. The Kier molecular flexibility index (Phi) is 63.2. The number of allylic oxidation sites excluding steroid dienone is 4. The molecule has 25 nitrogen and oxygen atoms in total. The number of hydrogen-bond acceptors (Lipinski definition) is 24. The van der Waals surface area contributed by atoms with Crippen LogP contribution in [0.3, 0.4) is 0 Å². The highest BCUT2D eigenvalue weighted by molar-refractivity contribution is 7.47. The standard InChI is InChI=1S/C89H163O25P/c1-5-9-13-17-21-25-29-33-35-39-42-46-50-54-58-62-73(92)106-68-71-77(96)79(98)83(102)89(110-71)113-86-84(111-75(94)64-60-56-52-48-43-38-32-28-24-20-16-12-8-4)80(99)81(100)85(112-88-82(101)78(97)76(95)70(65-90)109-88)87(86)114-115(103,104)107-67-69(66-105-72(91)61-57-53-49-45-41-37-31-27-23-19-15-11-7-3)108-74(93)63-59-55-51-47-44-40-36-34-30-26-22-18-14-10-6-2/h26,30,38,43,69-71,76-90,95-102H,5-25,27-29,31-37,39-42,44-68H2,1-4H3,(H,103,104)/b30-26-,43-38-. The molecule has 115 heavy (non-hydrogen) atoms. The van der Waals surface area contributed by atoms with Gasteiger partial charge in [0.15, 0.2) is 24.8 Å². The molecule has 0 spiro atoms. The van der Waals surface area contributed by atoms with Crippen molar-refractivity contribution in [1.82, 2.24) is 0 Å². The molecular formula is C89H163O25P. The summed E-state index contributed by atoms with van der Waals surface area (Å²) in [6, 6.07) is 0. The highest BCUT2D eigenvalue weighted by Crippen LogP contribution is 2.49. The van der Waals surface area contributed by atoms with Gasteiger partial charge in [-0.15, -0.1) is 0 Å². The smallest absolute Gasteiger partial charge is 0.463 e. The van der Waals surface area contributed by atoms with Crippen molar-refractivity contribution in [1.29, 1.82) is 0 Å². The van der Waals surface area contributed by atoms with E-state index in [0.717, 1.165) is 135 Å². The Balaban J connectivity index is 1.92. The van der Waals surface area contributed by atoms with E-state index in [9.17, 15) is 74.6 Å². The van der Waals surface area contributed by atoms with Gasteiger partial charge in [0.1, 0.15) is 92.6 Å².